The summed E-state index contributed by atoms with van der Waals surface area (Å²) in [6.07, 6.45) is 9.40. The van der Waals surface area contributed by atoms with Crippen molar-refractivity contribution in [1.29, 1.82) is 0 Å². The monoisotopic (exact) mass is 282 g/mol. The number of carboxylic acid groups (broad SMARTS) is 1. The minimum absolute atomic E-state index is 0.198. The lowest BCUT2D eigenvalue weighted by Crippen LogP contribution is -2.46. The normalized spacial score (nSPS) is 22.7. The van der Waals surface area contributed by atoms with Crippen molar-refractivity contribution in [3.63, 3.8) is 0 Å². The fourth-order valence-electron chi connectivity index (χ4n) is 3.85. The lowest BCUT2D eigenvalue weighted by Gasteiger charge is -2.37. The van der Waals surface area contributed by atoms with Crippen LogP contribution in [0.15, 0.2) is 0 Å². The Balaban J connectivity index is 1.66. The summed E-state index contributed by atoms with van der Waals surface area (Å²) in [5.74, 6) is 0.280. The Morgan fingerprint density at radius 2 is 1.85 bits per heavy atom. The van der Waals surface area contributed by atoms with Crippen LogP contribution in [0.3, 0.4) is 0 Å². The van der Waals surface area contributed by atoms with Gasteiger partial charge in [0.1, 0.15) is 0 Å². The third-order valence-corrected chi connectivity index (χ3v) is 5.15. The molecule has 2 fully saturated rings. The highest BCUT2D eigenvalue weighted by Gasteiger charge is 2.25. The SMILES string of the molecule is CCN(CC(=O)O)C1CCN(CCC2CCCC2)CC1. The first kappa shape index (κ1) is 15.8. The van der Waals surface area contributed by atoms with Crippen LogP contribution in [0.4, 0.5) is 0 Å². The van der Waals surface area contributed by atoms with Gasteiger partial charge in [0.15, 0.2) is 0 Å². The van der Waals surface area contributed by atoms with E-state index in [0.717, 1.165) is 38.4 Å². The molecule has 0 spiro atoms. The molecule has 2 aliphatic rings. The highest BCUT2D eigenvalue weighted by atomic mass is 16.4. The molecule has 0 unspecified atom stereocenters. The van der Waals surface area contributed by atoms with Gasteiger partial charge in [0.2, 0.25) is 0 Å². The van der Waals surface area contributed by atoms with E-state index in [1.54, 1.807) is 0 Å². The fourth-order valence-corrected chi connectivity index (χ4v) is 3.85. The largest absolute Gasteiger partial charge is 0.480 e. The molecule has 0 radical (unpaired) electrons. The van der Waals surface area contributed by atoms with E-state index in [-0.39, 0.29) is 6.54 Å². The number of likely N-dealkylation sites (N-methyl/N-ethyl adjacent to an activating group) is 1. The van der Waals surface area contributed by atoms with E-state index in [1.165, 1.54) is 38.6 Å². The zero-order valence-electron chi connectivity index (χ0n) is 12.9. The molecule has 4 heteroatoms. The molecule has 0 aromatic carbocycles. The van der Waals surface area contributed by atoms with Gasteiger partial charge in [-0.1, -0.05) is 32.6 Å². The van der Waals surface area contributed by atoms with Gasteiger partial charge < -0.3 is 10.0 Å². The maximum atomic E-state index is 10.9. The minimum atomic E-state index is -0.699. The molecule has 0 amide bonds. The molecular formula is C16H30N2O2. The Morgan fingerprint density at radius 1 is 1.20 bits per heavy atom. The Hall–Kier alpha value is -0.610. The second kappa shape index (κ2) is 7.99. The van der Waals surface area contributed by atoms with E-state index in [4.69, 9.17) is 5.11 Å². The molecule has 1 N–H and O–H groups in total. The van der Waals surface area contributed by atoms with Crippen LogP contribution in [0.5, 0.6) is 0 Å². The minimum Gasteiger partial charge on any atom is -0.480 e. The summed E-state index contributed by atoms with van der Waals surface area (Å²) < 4.78 is 0. The number of aliphatic carboxylic acids is 1. The zero-order chi connectivity index (χ0) is 14.4. The molecule has 1 aliphatic carbocycles. The number of hydrogen-bond acceptors (Lipinski definition) is 3. The quantitative estimate of drug-likeness (QED) is 0.779. The molecule has 1 aliphatic heterocycles. The van der Waals surface area contributed by atoms with Crippen LogP contribution in [0.2, 0.25) is 0 Å². The highest BCUT2D eigenvalue weighted by molar-refractivity contribution is 5.69. The molecule has 0 aromatic heterocycles. The molecule has 0 atom stereocenters. The van der Waals surface area contributed by atoms with Crippen molar-refractivity contribution in [3.8, 4) is 0 Å². The van der Waals surface area contributed by atoms with Gasteiger partial charge in [0.05, 0.1) is 6.54 Å². The molecule has 0 bridgehead atoms. The summed E-state index contributed by atoms with van der Waals surface area (Å²) in [4.78, 5) is 15.6. The van der Waals surface area contributed by atoms with Gasteiger partial charge in [0, 0.05) is 6.04 Å². The molecule has 1 heterocycles. The number of rotatable bonds is 7. The average Bonchev–Trinajstić information content (AvgIpc) is 2.96. The maximum absolute atomic E-state index is 10.9. The number of piperidine rings is 1. The van der Waals surface area contributed by atoms with Crippen LogP contribution in [-0.4, -0.2) is 59.6 Å². The fraction of sp³-hybridized carbons (Fsp3) is 0.938. The standard InChI is InChI=1S/C16H30N2O2/c1-2-18(13-16(19)20)15-8-11-17(12-9-15)10-7-14-5-3-4-6-14/h14-15H,2-13H2,1H3,(H,19,20). The number of carbonyl (C=O) groups is 1. The van der Waals surface area contributed by atoms with E-state index < -0.39 is 5.97 Å². The molecule has 116 valence electrons. The van der Waals surface area contributed by atoms with Crippen LogP contribution >= 0.6 is 0 Å². The van der Waals surface area contributed by atoms with Crippen LogP contribution in [0.25, 0.3) is 0 Å². The molecule has 0 aromatic rings. The van der Waals surface area contributed by atoms with Gasteiger partial charge in [-0.15, -0.1) is 0 Å². The molecule has 1 saturated heterocycles. The topological polar surface area (TPSA) is 43.8 Å². The van der Waals surface area contributed by atoms with Crippen molar-refractivity contribution in [2.45, 2.75) is 57.9 Å². The third kappa shape index (κ3) is 4.74. The van der Waals surface area contributed by atoms with E-state index in [2.05, 4.69) is 16.7 Å². The molecule has 1 saturated carbocycles. The summed E-state index contributed by atoms with van der Waals surface area (Å²) in [5, 5.41) is 8.95. The van der Waals surface area contributed by atoms with Gasteiger partial charge >= 0.3 is 5.97 Å². The van der Waals surface area contributed by atoms with Crippen LogP contribution in [-0.2, 0) is 4.79 Å². The van der Waals surface area contributed by atoms with Gasteiger partial charge in [-0.3, -0.25) is 9.69 Å². The summed E-state index contributed by atoms with van der Waals surface area (Å²) in [6, 6.07) is 0.471. The van der Waals surface area contributed by atoms with Crippen molar-refractivity contribution in [3.05, 3.63) is 0 Å². The van der Waals surface area contributed by atoms with Gasteiger partial charge in [0.25, 0.3) is 0 Å². The highest BCUT2D eigenvalue weighted by Crippen LogP contribution is 2.28. The first-order valence-corrected chi connectivity index (χ1v) is 8.37. The van der Waals surface area contributed by atoms with Crippen molar-refractivity contribution < 1.29 is 9.90 Å². The Morgan fingerprint density at radius 3 is 2.40 bits per heavy atom. The van der Waals surface area contributed by atoms with Crippen LogP contribution in [0.1, 0.15) is 51.9 Å². The zero-order valence-corrected chi connectivity index (χ0v) is 12.9. The van der Waals surface area contributed by atoms with E-state index >= 15 is 0 Å². The first-order valence-electron chi connectivity index (χ1n) is 8.37. The summed E-state index contributed by atoms with van der Waals surface area (Å²) in [5.41, 5.74) is 0. The van der Waals surface area contributed by atoms with Crippen LogP contribution < -0.4 is 0 Å². The van der Waals surface area contributed by atoms with E-state index in [1.807, 2.05) is 0 Å². The van der Waals surface area contributed by atoms with E-state index in [0.29, 0.717) is 6.04 Å². The Kier molecular flexibility index (Phi) is 6.30. The number of hydrogen-bond donors (Lipinski definition) is 1. The lowest BCUT2D eigenvalue weighted by atomic mass is 10.00. The average molecular weight is 282 g/mol. The van der Waals surface area contributed by atoms with Crippen molar-refractivity contribution in [2.24, 2.45) is 5.92 Å². The Bertz CT molecular complexity index is 295. The van der Waals surface area contributed by atoms with Crippen LogP contribution in [0, 0.1) is 5.92 Å². The van der Waals surface area contributed by atoms with Crippen molar-refractivity contribution >= 4 is 5.97 Å². The smallest absolute Gasteiger partial charge is 0.317 e. The van der Waals surface area contributed by atoms with Gasteiger partial charge in [-0.05, 0) is 51.4 Å². The predicted molar refractivity (Wildman–Crippen MR) is 80.9 cm³/mol. The maximum Gasteiger partial charge on any atom is 0.317 e. The first-order chi connectivity index (χ1) is 9.69. The molecular weight excluding hydrogens is 252 g/mol. The third-order valence-electron chi connectivity index (χ3n) is 5.15. The second-order valence-corrected chi connectivity index (χ2v) is 6.47. The summed E-state index contributed by atoms with van der Waals surface area (Å²) in [6.45, 7) is 6.65. The van der Waals surface area contributed by atoms with Gasteiger partial charge in [-0.2, -0.15) is 0 Å². The summed E-state index contributed by atoms with van der Waals surface area (Å²) in [7, 11) is 0. The molecule has 20 heavy (non-hydrogen) atoms. The number of carboxylic acids is 1. The van der Waals surface area contributed by atoms with Crippen molar-refractivity contribution in [1.82, 2.24) is 9.80 Å². The van der Waals surface area contributed by atoms with Crippen molar-refractivity contribution in [2.75, 3.05) is 32.7 Å². The molecule has 4 nitrogen and oxygen atoms in total. The lowest BCUT2D eigenvalue weighted by molar-refractivity contribution is -0.139. The predicted octanol–water partition coefficient (Wildman–Crippen LogP) is 2.44. The second-order valence-electron chi connectivity index (χ2n) is 6.47. The van der Waals surface area contributed by atoms with E-state index in [9.17, 15) is 4.79 Å². The molecule has 2 rings (SSSR count). The Labute approximate surface area is 123 Å². The number of nitrogens with zero attached hydrogens (tertiary/aromatic N) is 2. The summed E-state index contributed by atoms with van der Waals surface area (Å²) >= 11 is 0. The van der Waals surface area contributed by atoms with Gasteiger partial charge in [-0.25, -0.2) is 0 Å². The number of likely N-dealkylation sites (tertiary alicyclic amines) is 1.